The minimum absolute atomic E-state index is 0.303. The highest BCUT2D eigenvalue weighted by Crippen LogP contribution is 2.44. The first-order chi connectivity index (χ1) is 7.86. The average molecular weight is 230 g/mol. The molecule has 0 amide bonds. The summed E-state index contributed by atoms with van der Waals surface area (Å²) in [5.74, 6) is 2.60. The Bertz CT molecular complexity index is 433. The van der Waals surface area contributed by atoms with E-state index in [1.807, 2.05) is 52.0 Å². The molecule has 1 aliphatic heterocycles. The lowest BCUT2D eigenvalue weighted by molar-refractivity contribution is -0.0895. The molecule has 0 N–H and O–H groups in total. The molecule has 0 aliphatic carbocycles. The van der Waals surface area contributed by atoms with E-state index in [1.54, 1.807) is 0 Å². The van der Waals surface area contributed by atoms with Crippen molar-refractivity contribution in [2.45, 2.75) is 45.2 Å². The summed E-state index contributed by atoms with van der Waals surface area (Å²) in [5, 5.41) is 0. The summed E-state index contributed by atoms with van der Waals surface area (Å²) in [5.41, 5.74) is 1.26. The zero-order chi connectivity index (χ0) is 12.7. The van der Waals surface area contributed by atoms with Gasteiger partial charge in [-0.1, -0.05) is 18.1 Å². The van der Waals surface area contributed by atoms with Crippen LogP contribution in [0.3, 0.4) is 0 Å². The molecule has 2 nitrogen and oxygen atoms in total. The second kappa shape index (κ2) is 3.87. The van der Waals surface area contributed by atoms with Gasteiger partial charge in [0.05, 0.1) is 11.2 Å². The zero-order valence-corrected chi connectivity index (χ0v) is 10.8. The Morgan fingerprint density at radius 3 is 1.88 bits per heavy atom. The van der Waals surface area contributed by atoms with Crippen LogP contribution in [-0.2, 0) is 9.47 Å². The van der Waals surface area contributed by atoms with E-state index >= 15 is 0 Å². The maximum Gasteiger partial charge on any atom is 0.185 e. The molecular formula is C15H18O2. The summed E-state index contributed by atoms with van der Waals surface area (Å²) < 4.78 is 11.9. The molecule has 1 aliphatic rings. The predicted octanol–water partition coefficient (Wildman–Crippen LogP) is 3.27. The molecule has 1 heterocycles. The average Bonchev–Trinajstić information content (AvgIpc) is 2.48. The summed E-state index contributed by atoms with van der Waals surface area (Å²) in [7, 11) is 0. The van der Waals surface area contributed by atoms with Crippen molar-refractivity contribution in [2.75, 3.05) is 0 Å². The molecule has 1 aromatic rings. The molecule has 0 unspecified atom stereocenters. The molecule has 0 aromatic heterocycles. The van der Waals surface area contributed by atoms with Crippen LogP contribution in [0, 0.1) is 12.3 Å². The molecule has 0 spiro atoms. The Kier molecular flexibility index (Phi) is 2.77. The lowest BCUT2D eigenvalue weighted by atomic mass is 9.90. The molecule has 2 rings (SSSR count). The van der Waals surface area contributed by atoms with Crippen molar-refractivity contribution in [1.82, 2.24) is 0 Å². The normalized spacial score (nSPS) is 22.3. The van der Waals surface area contributed by atoms with E-state index in [2.05, 4.69) is 5.92 Å². The lowest BCUT2D eigenvalue weighted by Gasteiger charge is -2.30. The minimum Gasteiger partial charge on any atom is -0.339 e. The van der Waals surface area contributed by atoms with Crippen LogP contribution >= 0.6 is 0 Å². The molecule has 0 saturated carbocycles. The van der Waals surface area contributed by atoms with Gasteiger partial charge in [0.15, 0.2) is 6.29 Å². The molecule has 1 fully saturated rings. The molecule has 1 saturated heterocycles. The van der Waals surface area contributed by atoms with Crippen LogP contribution in [0.2, 0.25) is 0 Å². The zero-order valence-electron chi connectivity index (χ0n) is 10.8. The van der Waals surface area contributed by atoms with Crippen molar-refractivity contribution >= 4 is 0 Å². The van der Waals surface area contributed by atoms with Gasteiger partial charge in [0.2, 0.25) is 0 Å². The monoisotopic (exact) mass is 230 g/mol. The van der Waals surface area contributed by atoms with E-state index < -0.39 is 0 Å². The molecule has 1 aromatic carbocycles. The highest BCUT2D eigenvalue weighted by Gasteiger charge is 2.49. The van der Waals surface area contributed by atoms with Gasteiger partial charge >= 0.3 is 0 Å². The Labute approximate surface area is 103 Å². The topological polar surface area (TPSA) is 18.5 Å². The number of benzene rings is 1. The van der Waals surface area contributed by atoms with Gasteiger partial charge in [-0.15, -0.1) is 6.42 Å². The highest BCUT2D eigenvalue weighted by molar-refractivity contribution is 5.34. The van der Waals surface area contributed by atoms with Crippen LogP contribution in [-0.4, -0.2) is 11.2 Å². The van der Waals surface area contributed by atoms with E-state index in [0.29, 0.717) is 0 Å². The maximum absolute atomic E-state index is 5.95. The van der Waals surface area contributed by atoms with Crippen molar-refractivity contribution < 1.29 is 9.47 Å². The number of ether oxygens (including phenoxy) is 2. The fraction of sp³-hybridized carbons (Fsp3) is 0.467. The van der Waals surface area contributed by atoms with Gasteiger partial charge < -0.3 is 9.47 Å². The van der Waals surface area contributed by atoms with Gasteiger partial charge in [-0.3, -0.25) is 0 Å². The Hall–Kier alpha value is -1.30. The number of hydrogen-bond donors (Lipinski definition) is 0. The van der Waals surface area contributed by atoms with Crippen molar-refractivity contribution in [2.24, 2.45) is 0 Å². The van der Waals surface area contributed by atoms with Crippen LogP contribution in [0.25, 0.3) is 0 Å². The van der Waals surface area contributed by atoms with Crippen molar-refractivity contribution in [1.29, 1.82) is 0 Å². The van der Waals surface area contributed by atoms with Gasteiger partial charge in [-0.05, 0) is 39.8 Å². The molecule has 2 heteroatoms. The third-order valence-corrected chi connectivity index (χ3v) is 3.60. The van der Waals surface area contributed by atoms with Crippen LogP contribution in [0.15, 0.2) is 24.3 Å². The maximum atomic E-state index is 5.95. The van der Waals surface area contributed by atoms with Crippen molar-refractivity contribution in [3.63, 3.8) is 0 Å². The van der Waals surface area contributed by atoms with Crippen molar-refractivity contribution in [3.8, 4) is 12.3 Å². The fourth-order valence-electron chi connectivity index (χ4n) is 1.72. The van der Waals surface area contributed by atoms with Gasteiger partial charge in [0, 0.05) is 11.1 Å². The first-order valence-corrected chi connectivity index (χ1v) is 5.78. The summed E-state index contributed by atoms with van der Waals surface area (Å²) in [4.78, 5) is 0. The van der Waals surface area contributed by atoms with E-state index in [1.165, 1.54) is 0 Å². The number of hydrogen-bond acceptors (Lipinski definition) is 2. The van der Waals surface area contributed by atoms with Crippen LogP contribution < -0.4 is 0 Å². The second-order valence-corrected chi connectivity index (χ2v) is 5.35. The molecule has 90 valence electrons. The largest absolute Gasteiger partial charge is 0.339 e. The molecule has 0 radical (unpaired) electrons. The quantitative estimate of drug-likeness (QED) is 0.689. The predicted molar refractivity (Wildman–Crippen MR) is 67.4 cm³/mol. The van der Waals surface area contributed by atoms with Gasteiger partial charge in [-0.25, -0.2) is 0 Å². The summed E-state index contributed by atoms with van der Waals surface area (Å²) in [6, 6.07) is 7.72. The van der Waals surface area contributed by atoms with Crippen molar-refractivity contribution in [3.05, 3.63) is 35.4 Å². The summed E-state index contributed by atoms with van der Waals surface area (Å²) >= 11 is 0. The smallest absolute Gasteiger partial charge is 0.185 e. The van der Waals surface area contributed by atoms with Crippen LogP contribution in [0.5, 0.6) is 0 Å². The van der Waals surface area contributed by atoms with Gasteiger partial charge in [0.25, 0.3) is 0 Å². The van der Waals surface area contributed by atoms with E-state index in [4.69, 9.17) is 15.9 Å². The van der Waals surface area contributed by atoms with E-state index in [-0.39, 0.29) is 17.5 Å². The highest BCUT2D eigenvalue weighted by atomic mass is 16.7. The van der Waals surface area contributed by atoms with E-state index in [9.17, 15) is 0 Å². The van der Waals surface area contributed by atoms with Crippen LogP contribution in [0.1, 0.15) is 45.1 Å². The third kappa shape index (κ3) is 2.09. The molecule has 0 atom stereocenters. The minimum atomic E-state index is -0.313. The Morgan fingerprint density at radius 1 is 1.00 bits per heavy atom. The Balaban J connectivity index is 2.23. The number of rotatable bonds is 1. The van der Waals surface area contributed by atoms with Gasteiger partial charge in [-0.2, -0.15) is 0 Å². The standard InChI is InChI=1S/C15H18O2/c1-6-11-7-9-12(10-8-11)13-16-14(2,3)15(4,5)17-13/h1,7-10,13H,2-5H3. The Morgan fingerprint density at radius 2 is 1.47 bits per heavy atom. The first-order valence-electron chi connectivity index (χ1n) is 5.78. The SMILES string of the molecule is C#Cc1ccc(C2OC(C)(C)C(C)(C)O2)cc1. The first kappa shape index (κ1) is 12.2. The lowest BCUT2D eigenvalue weighted by Crippen LogP contribution is -2.41. The number of terminal acetylenes is 1. The van der Waals surface area contributed by atoms with Gasteiger partial charge in [0.1, 0.15) is 0 Å². The van der Waals surface area contributed by atoms with E-state index in [0.717, 1.165) is 11.1 Å². The van der Waals surface area contributed by atoms with Crippen LogP contribution in [0.4, 0.5) is 0 Å². The second-order valence-electron chi connectivity index (χ2n) is 5.35. The molecular weight excluding hydrogens is 212 g/mol. The molecule has 0 bridgehead atoms. The fourth-order valence-corrected chi connectivity index (χ4v) is 1.72. The summed E-state index contributed by atoms with van der Waals surface area (Å²) in [6.45, 7) is 8.18. The summed E-state index contributed by atoms with van der Waals surface area (Å²) in [6.07, 6.45) is 5.01. The third-order valence-electron chi connectivity index (χ3n) is 3.60. The molecule has 17 heavy (non-hydrogen) atoms.